The van der Waals surface area contributed by atoms with E-state index in [1.165, 1.54) is 40.6 Å². The molecule has 36 heavy (non-hydrogen) atoms. The van der Waals surface area contributed by atoms with E-state index < -0.39 is 5.97 Å². The topological polar surface area (TPSA) is 86.1 Å². The van der Waals surface area contributed by atoms with Crippen molar-refractivity contribution < 1.29 is 14.3 Å². The Morgan fingerprint density at radius 1 is 1.06 bits per heavy atom. The van der Waals surface area contributed by atoms with E-state index in [4.69, 9.17) is 4.74 Å². The SMILES string of the molecule is CCCn1c(SCC(=O)Nc2scc(-c3ccc(C)cc3)c2C(=O)OC)nnc1-c1csc(C)c1C. The van der Waals surface area contributed by atoms with E-state index in [2.05, 4.69) is 46.2 Å². The van der Waals surface area contributed by atoms with Crippen molar-refractivity contribution in [3.05, 3.63) is 56.6 Å². The van der Waals surface area contributed by atoms with Crippen molar-refractivity contribution in [2.45, 2.75) is 45.8 Å². The molecule has 3 heterocycles. The first-order chi connectivity index (χ1) is 17.3. The lowest BCUT2D eigenvalue weighted by molar-refractivity contribution is -0.113. The molecule has 0 aliphatic rings. The molecule has 3 aromatic heterocycles. The number of anilines is 1. The molecule has 10 heteroatoms. The van der Waals surface area contributed by atoms with Crippen molar-refractivity contribution in [2.24, 2.45) is 0 Å². The smallest absolute Gasteiger partial charge is 0.341 e. The Balaban J connectivity index is 1.52. The lowest BCUT2D eigenvalue weighted by Crippen LogP contribution is -2.16. The molecule has 1 aromatic carbocycles. The maximum absolute atomic E-state index is 12.9. The number of hydrogen-bond acceptors (Lipinski definition) is 8. The fraction of sp³-hybridized carbons (Fsp3) is 0.308. The molecular weight excluding hydrogens is 513 g/mol. The van der Waals surface area contributed by atoms with Gasteiger partial charge in [0, 0.05) is 33.3 Å². The van der Waals surface area contributed by atoms with Crippen molar-refractivity contribution in [1.82, 2.24) is 14.8 Å². The quantitative estimate of drug-likeness (QED) is 0.190. The summed E-state index contributed by atoms with van der Waals surface area (Å²) in [7, 11) is 1.34. The Labute approximate surface area is 222 Å². The van der Waals surface area contributed by atoms with Crippen LogP contribution in [0.1, 0.15) is 39.7 Å². The largest absolute Gasteiger partial charge is 0.465 e. The van der Waals surface area contributed by atoms with Crippen LogP contribution in [-0.4, -0.2) is 39.5 Å². The third-order valence-electron chi connectivity index (χ3n) is 5.82. The monoisotopic (exact) mass is 540 g/mol. The highest BCUT2D eigenvalue weighted by molar-refractivity contribution is 7.99. The summed E-state index contributed by atoms with van der Waals surface area (Å²) < 4.78 is 7.10. The number of hydrogen-bond donors (Lipinski definition) is 1. The molecule has 0 radical (unpaired) electrons. The van der Waals surface area contributed by atoms with Gasteiger partial charge in [-0.2, -0.15) is 0 Å². The molecule has 0 unspecified atom stereocenters. The van der Waals surface area contributed by atoms with Gasteiger partial charge < -0.3 is 14.6 Å². The summed E-state index contributed by atoms with van der Waals surface area (Å²) in [5.74, 6) is 0.263. The molecule has 4 aromatic rings. The maximum atomic E-state index is 12.9. The zero-order chi connectivity index (χ0) is 25.8. The van der Waals surface area contributed by atoms with Gasteiger partial charge in [0.2, 0.25) is 5.91 Å². The van der Waals surface area contributed by atoms with Crippen LogP contribution in [0.15, 0.2) is 40.2 Å². The van der Waals surface area contributed by atoms with E-state index in [0.29, 0.717) is 15.7 Å². The van der Waals surface area contributed by atoms with Crippen LogP contribution < -0.4 is 5.32 Å². The number of ether oxygens (including phenoxy) is 1. The Morgan fingerprint density at radius 3 is 2.42 bits per heavy atom. The number of thioether (sulfide) groups is 1. The average molecular weight is 541 g/mol. The highest BCUT2D eigenvalue weighted by atomic mass is 32.2. The van der Waals surface area contributed by atoms with Gasteiger partial charge in [-0.15, -0.1) is 32.9 Å². The lowest BCUT2D eigenvalue weighted by Gasteiger charge is -2.10. The van der Waals surface area contributed by atoms with Crippen LogP contribution in [0.2, 0.25) is 0 Å². The molecule has 4 rings (SSSR count). The molecule has 7 nitrogen and oxygen atoms in total. The zero-order valence-corrected chi connectivity index (χ0v) is 23.3. The molecule has 0 aliphatic carbocycles. The molecule has 188 valence electrons. The molecule has 0 atom stereocenters. The second kappa shape index (κ2) is 11.4. The number of carbonyl (C=O) groups excluding carboxylic acids is 2. The molecule has 1 N–H and O–H groups in total. The number of rotatable bonds is 9. The minimum Gasteiger partial charge on any atom is -0.465 e. The third kappa shape index (κ3) is 5.40. The Bertz CT molecular complexity index is 1390. The maximum Gasteiger partial charge on any atom is 0.341 e. The molecular formula is C26H28N4O3S3. The molecule has 0 fully saturated rings. The first kappa shape index (κ1) is 26.1. The van der Waals surface area contributed by atoms with E-state index in [-0.39, 0.29) is 11.7 Å². The number of amides is 1. The second-order valence-electron chi connectivity index (χ2n) is 8.34. The van der Waals surface area contributed by atoms with Gasteiger partial charge in [0.15, 0.2) is 11.0 Å². The normalized spacial score (nSPS) is 11.0. The summed E-state index contributed by atoms with van der Waals surface area (Å²) in [5, 5.41) is 16.9. The summed E-state index contributed by atoms with van der Waals surface area (Å²) in [4.78, 5) is 26.8. The van der Waals surface area contributed by atoms with E-state index in [9.17, 15) is 9.59 Å². The predicted molar refractivity (Wildman–Crippen MR) is 148 cm³/mol. The van der Waals surface area contributed by atoms with Gasteiger partial charge in [-0.1, -0.05) is 48.5 Å². The number of nitrogens with one attached hydrogen (secondary N) is 1. The van der Waals surface area contributed by atoms with Gasteiger partial charge in [0.05, 0.1) is 12.9 Å². The zero-order valence-electron chi connectivity index (χ0n) is 20.9. The minimum absolute atomic E-state index is 0.141. The van der Waals surface area contributed by atoms with Gasteiger partial charge in [-0.3, -0.25) is 4.79 Å². The molecule has 1 amide bonds. The Hall–Kier alpha value is -2.95. The summed E-state index contributed by atoms with van der Waals surface area (Å²) in [6.07, 6.45) is 0.923. The summed E-state index contributed by atoms with van der Waals surface area (Å²) in [6.45, 7) is 9.07. The van der Waals surface area contributed by atoms with Gasteiger partial charge >= 0.3 is 5.97 Å². The second-order valence-corrected chi connectivity index (χ2v) is 11.2. The van der Waals surface area contributed by atoms with Crippen LogP contribution in [0.4, 0.5) is 5.00 Å². The number of esters is 1. The number of thiophene rings is 2. The molecule has 0 saturated heterocycles. The van der Waals surface area contributed by atoms with Gasteiger partial charge in [-0.25, -0.2) is 4.79 Å². The first-order valence-electron chi connectivity index (χ1n) is 11.5. The average Bonchev–Trinajstić information content (AvgIpc) is 3.56. The van der Waals surface area contributed by atoms with Crippen LogP contribution in [0.3, 0.4) is 0 Å². The first-order valence-corrected chi connectivity index (χ1v) is 14.3. The molecule has 0 spiro atoms. The summed E-state index contributed by atoms with van der Waals surface area (Å²) >= 11 is 4.35. The van der Waals surface area contributed by atoms with Crippen LogP contribution in [0.5, 0.6) is 0 Å². The van der Waals surface area contributed by atoms with Crippen molar-refractivity contribution in [2.75, 3.05) is 18.2 Å². The number of carbonyl (C=O) groups is 2. The number of nitrogens with zero attached hydrogens (tertiary/aromatic N) is 3. The van der Waals surface area contributed by atoms with Gasteiger partial charge in [0.25, 0.3) is 0 Å². The van der Waals surface area contributed by atoms with Crippen LogP contribution in [-0.2, 0) is 16.1 Å². The fourth-order valence-electron chi connectivity index (χ4n) is 3.75. The predicted octanol–water partition coefficient (Wildman–Crippen LogP) is 6.59. The fourth-order valence-corrected chi connectivity index (χ4v) is 6.35. The molecule has 0 bridgehead atoms. The van der Waals surface area contributed by atoms with Crippen molar-refractivity contribution >= 4 is 51.3 Å². The summed E-state index contributed by atoms with van der Waals surface area (Å²) in [5.41, 5.74) is 5.41. The van der Waals surface area contributed by atoms with E-state index >= 15 is 0 Å². The Morgan fingerprint density at radius 2 is 1.78 bits per heavy atom. The van der Waals surface area contributed by atoms with Crippen molar-refractivity contribution in [1.29, 1.82) is 0 Å². The number of methoxy groups -OCH3 is 1. The standard InChI is InChI=1S/C26H28N4O3S3/c1-6-11-30-23(19-12-34-17(4)16(19)3)28-29-26(30)36-14-21(31)27-24-22(25(32)33-5)20(13-35-24)18-9-7-15(2)8-10-18/h7-10,12-13H,6,11,14H2,1-5H3,(H,27,31). The van der Waals surface area contributed by atoms with Gasteiger partial charge in [0.1, 0.15) is 10.6 Å². The minimum atomic E-state index is -0.483. The molecule has 0 saturated carbocycles. The van der Waals surface area contributed by atoms with Crippen LogP contribution in [0, 0.1) is 20.8 Å². The van der Waals surface area contributed by atoms with Crippen LogP contribution in [0.25, 0.3) is 22.5 Å². The van der Waals surface area contributed by atoms with E-state index in [1.807, 2.05) is 36.6 Å². The van der Waals surface area contributed by atoms with E-state index in [0.717, 1.165) is 41.0 Å². The van der Waals surface area contributed by atoms with Crippen molar-refractivity contribution in [3.63, 3.8) is 0 Å². The number of aromatic nitrogens is 3. The number of aryl methyl sites for hydroxylation is 2. The van der Waals surface area contributed by atoms with Crippen LogP contribution >= 0.6 is 34.4 Å². The summed E-state index contributed by atoms with van der Waals surface area (Å²) in [6, 6.07) is 7.89. The third-order valence-corrected chi connectivity index (χ3v) is 8.69. The number of benzene rings is 1. The van der Waals surface area contributed by atoms with Gasteiger partial charge in [-0.05, 0) is 38.3 Å². The molecule has 0 aliphatic heterocycles. The highest BCUT2D eigenvalue weighted by Gasteiger charge is 2.23. The highest BCUT2D eigenvalue weighted by Crippen LogP contribution is 2.37. The lowest BCUT2D eigenvalue weighted by atomic mass is 10.0. The Kier molecular flexibility index (Phi) is 8.28. The van der Waals surface area contributed by atoms with Crippen molar-refractivity contribution in [3.8, 4) is 22.5 Å². The van der Waals surface area contributed by atoms with E-state index in [1.54, 1.807) is 11.3 Å².